The second-order valence-corrected chi connectivity index (χ2v) is 5.39. The minimum atomic E-state index is -0.495. The second-order valence-electron chi connectivity index (χ2n) is 5.03. The first-order chi connectivity index (χ1) is 8.27. The molecule has 0 aliphatic rings. The fourth-order valence-corrected chi connectivity index (χ4v) is 1.59. The fourth-order valence-electron chi connectivity index (χ4n) is 1.30. The van der Waals surface area contributed by atoms with Crippen LogP contribution in [0.25, 0.3) is 0 Å². The molecular weight excluding hydrogens is 250 g/mol. The topological polar surface area (TPSA) is 68.0 Å². The maximum atomic E-state index is 12.0. The fraction of sp³-hybridized carbons (Fsp3) is 0.385. The van der Waals surface area contributed by atoms with Gasteiger partial charge >= 0.3 is 0 Å². The van der Waals surface area contributed by atoms with Crippen molar-refractivity contribution in [1.82, 2.24) is 4.98 Å². The van der Waals surface area contributed by atoms with Crippen LogP contribution in [0.15, 0.2) is 24.9 Å². The van der Waals surface area contributed by atoms with E-state index in [0.717, 1.165) is 0 Å². The molecule has 0 saturated heterocycles. The zero-order chi connectivity index (χ0) is 13.9. The highest BCUT2D eigenvalue weighted by molar-refractivity contribution is 6.30. The van der Waals surface area contributed by atoms with E-state index in [9.17, 15) is 4.79 Å². The molecule has 0 unspecified atom stereocenters. The van der Waals surface area contributed by atoms with E-state index < -0.39 is 11.5 Å². The average molecular weight is 268 g/mol. The van der Waals surface area contributed by atoms with E-state index in [2.05, 4.69) is 16.9 Å². The molecule has 1 amide bonds. The number of rotatable bonds is 3. The maximum absolute atomic E-state index is 12.0. The largest absolute Gasteiger partial charge is 0.325 e. The van der Waals surface area contributed by atoms with Crippen LogP contribution in [0.4, 0.5) is 5.69 Å². The SMILES string of the molecule is C=C[C@@H](N)c1c(NC(=O)C(C)(C)C)ccnc1Cl. The lowest BCUT2D eigenvalue weighted by molar-refractivity contribution is -0.123. The van der Waals surface area contributed by atoms with Crippen LogP contribution in [-0.4, -0.2) is 10.9 Å². The molecule has 0 fully saturated rings. The van der Waals surface area contributed by atoms with E-state index in [-0.39, 0.29) is 11.1 Å². The summed E-state index contributed by atoms with van der Waals surface area (Å²) < 4.78 is 0. The Balaban J connectivity index is 3.14. The van der Waals surface area contributed by atoms with Crippen molar-refractivity contribution in [3.63, 3.8) is 0 Å². The van der Waals surface area contributed by atoms with Crippen LogP contribution >= 0.6 is 11.6 Å². The van der Waals surface area contributed by atoms with Gasteiger partial charge in [-0.15, -0.1) is 6.58 Å². The third-order valence-corrected chi connectivity index (χ3v) is 2.76. The van der Waals surface area contributed by atoms with Gasteiger partial charge in [-0.1, -0.05) is 38.4 Å². The van der Waals surface area contributed by atoms with Gasteiger partial charge in [0.1, 0.15) is 5.15 Å². The maximum Gasteiger partial charge on any atom is 0.229 e. The molecule has 3 N–H and O–H groups in total. The molecule has 18 heavy (non-hydrogen) atoms. The Morgan fingerprint density at radius 3 is 2.72 bits per heavy atom. The van der Waals surface area contributed by atoms with Gasteiger partial charge in [-0.2, -0.15) is 0 Å². The van der Waals surface area contributed by atoms with Crippen LogP contribution in [0.3, 0.4) is 0 Å². The van der Waals surface area contributed by atoms with Gasteiger partial charge in [0.15, 0.2) is 0 Å². The Kier molecular flexibility index (Phi) is 4.48. The number of nitrogens with two attached hydrogens (primary N) is 1. The first-order valence-corrected chi connectivity index (χ1v) is 5.99. The lowest BCUT2D eigenvalue weighted by Crippen LogP contribution is -2.28. The zero-order valence-electron chi connectivity index (χ0n) is 10.8. The van der Waals surface area contributed by atoms with Gasteiger partial charge in [-0.3, -0.25) is 4.79 Å². The van der Waals surface area contributed by atoms with Gasteiger partial charge in [0.05, 0.1) is 11.7 Å². The standard InChI is InChI=1S/C13H18ClN3O/c1-5-8(15)10-9(6-7-16-11(10)14)17-12(18)13(2,3)4/h5-8H,1,15H2,2-4H3,(H,16,17,18)/t8-/m1/s1. The highest BCUT2D eigenvalue weighted by Gasteiger charge is 2.23. The summed E-state index contributed by atoms with van der Waals surface area (Å²) in [5.74, 6) is -0.109. The molecule has 0 radical (unpaired) electrons. The van der Waals surface area contributed by atoms with Crippen molar-refractivity contribution in [2.45, 2.75) is 26.8 Å². The number of aromatic nitrogens is 1. The molecule has 5 heteroatoms. The van der Waals surface area contributed by atoms with Gasteiger partial charge in [-0.25, -0.2) is 4.98 Å². The summed E-state index contributed by atoms with van der Waals surface area (Å²) in [5.41, 5.74) is 6.54. The number of anilines is 1. The van der Waals surface area contributed by atoms with E-state index >= 15 is 0 Å². The Bertz CT molecular complexity index is 466. The van der Waals surface area contributed by atoms with E-state index in [0.29, 0.717) is 11.3 Å². The third-order valence-electron chi connectivity index (χ3n) is 2.46. The Morgan fingerprint density at radius 1 is 1.61 bits per heavy atom. The van der Waals surface area contributed by atoms with Crippen LogP contribution in [0.2, 0.25) is 5.15 Å². The molecule has 4 nitrogen and oxygen atoms in total. The van der Waals surface area contributed by atoms with E-state index in [4.69, 9.17) is 17.3 Å². The van der Waals surface area contributed by atoms with Crippen molar-refractivity contribution in [3.8, 4) is 0 Å². The summed E-state index contributed by atoms with van der Waals surface area (Å²) in [6.45, 7) is 9.12. The number of amides is 1. The lowest BCUT2D eigenvalue weighted by Gasteiger charge is -2.20. The van der Waals surface area contributed by atoms with Crippen LogP contribution in [-0.2, 0) is 4.79 Å². The van der Waals surface area contributed by atoms with Crippen LogP contribution < -0.4 is 11.1 Å². The average Bonchev–Trinajstić information content (AvgIpc) is 2.27. The minimum absolute atomic E-state index is 0.109. The number of carbonyl (C=O) groups is 1. The molecule has 1 aromatic rings. The van der Waals surface area contributed by atoms with Gasteiger partial charge in [-0.05, 0) is 6.07 Å². The van der Waals surface area contributed by atoms with Crippen molar-refractivity contribution in [3.05, 3.63) is 35.6 Å². The lowest BCUT2D eigenvalue weighted by atomic mass is 9.95. The predicted molar refractivity (Wildman–Crippen MR) is 74.5 cm³/mol. The molecule has 0 aromatic carbocycles. The highest BCUT2D eigenvalue weighted by atomic mass is 35.5. The molecule has 1 atom stereocenters. The third kappa shape index (κ3) is 3.31. The van der Waals surface area contributed by atoms with Crippen molar-refractivity contribution in [2.75, 3.05) is 5.32 Å². The van der Waals surface area contributed by atoms with Crippen molar-refractivity contribution in [2.24, 2.45) is 11.1 Å². The van der Waals surface area contributed by atoms with Crippen molar-refractivity contribution >= 4 is 23.2 Å². The molecule has 0 saturated carbocycles. The summed E-state index contributed by atoms with van der Waals surface area (Å²) in [4.78, 5) is 15.9. The first-order valence-electron chi connectivity index (χ1n) is 5.61. The van der Waals surface area contributed by atoms with Crippen molar-refractivity contribution in [1.29, 1.82) is 0 Å². The van der Waals surface area contributed by atoms with Crippen LogP contribution in [0, 0.1) is 5.41 Å². The zero-order valence-corrected chi connectivity index (χ0v) is 11.6. The monoisotopic (exact) mass is 267 g/mol. The number of hydrogen-bond donors (Lipinski definition) is 2. The van der Waals surface area contributed by atoms with Gasteiger partial charge in [0.2, 0.25) is 5.91 Å². The summed E-state index contributed by atoms with van der Waals surface area (Å²) in [6, 6.07) is 1.20. The van der Waals surface area contributed by atoms with E-state index in [1.54, 1.807) is 12.1 Å². The van der Waals surface area contributed by atoms with E-state index in [1.165, 1.54) is 6.20 Å². The van der Waals surface area contributed by atoms with E-state index in [1.807, 2.05) is 20.8 Å². The van der Waals surface area contributed by atoms with Crippen LogP contribution in [0.1, 0.15) is 32.4 Å². The Hall–Kier alpha value is -1.39. The predicted octanol–water partition coefficient (Wildman–Crippen LogP) is 2.91. The summed E-state index contributed by atoms with van der Waals surface area (Å²) in [7, 11) is 0. The minimum Gasteiger partial charge on any atom is -0.325 e. The van der Waals surface area contributed by atoms with Gasteiger partial charge in [0, 0.05) is 17.2 Å². The number of halogens is 1. The van der Waals surface area contributed by atoms with Crippen molar-refractivity contribution < 1.29 is 4.79 Å². The summed E-state index contributed by atoms with van der Waals surface area (Å²) in [5, 5.41) is 3.09. The number of pyridine rings is 1. The first kappa shape index (κ1) is 14.7. The van der Waals surface area contributed by atoms with Gasteiger partial charge in [0.25, 0.3) is 0 Å². The summed E-state index contributed by atoms with van der Waals surface area (Å²) >= 11 is 6.01. The van der Waals surface area contributed by atoms with Gasteiger partial charge < -0.3 is 11.1 Å². The quantitative estimate of drug-likeness (QED) is 0.654. The number of carbonyl (C=O) groups excluding carboxylic acids is 1. The molecule has 0 spiro atoms. The summed E-state index contributed by atoms with van der Waals surface area (Å²) in [6.07, 6.45) is 3.08. The molecule has 1 heterocycles. The molecule has 98 valence electrons. The second kappa shape index (κ2) is 5.50. The number of nitrogens with zero attached hydrogens (tertiary/aromatic N) is 1. The number of nitrogens with one attached hydrogen (secondary N) is 1. The highest BCUT2D eigenvalue weighted by Crippen LogP contribution is 2.29. The molecular formula is C13H18ClN3O. The molecule has 0 bridgehead atoms. The normalized spacial score (nSPS) is 12.9. The Labute approximate surface area is 112 Å². The number of hydrogen-bond acceptors (Lipinski definition) is 3. The smallest absolute Gasteiger partial charge is 0.229 e. The molecule has 0 aliphatic carbocycles. The molecule has 1 aromatic heterocycles. The molecule has 0 aliphatic heterocycles. The molecule has 1 rings (SSSR count). The Morgan fingerprint density at radius 2 is 2.22 bits per heavy atom. The van der Waals surface area contributed by atoms with Crippen LogP contribution in [0.5, 0.6) is 0 Å².